The first kappa shape index (κ1) is 11.7. The fourth-order valence-corrected chi connectivity index (χ4v) is 1.45. The molecule has 0 aliphatic heterocycles. The summed E-state index contributed by atoms with van der Waals surface area (Å²) in [4.78, 5) is 15.0. The highest BCUT2D eigenvalue weighted by Gasteiger charge is 2.16. The van der Waals surface area contributed by atoms with Crippen molar-refractivity contribution in [2.45, 2.75) is 32.4 Å². The monoisotopic (exact) mass is 211 g/mol. The van der Waals surface area contributed by atoms with Gasteiger partial charge in [0.05, 0.1) is 0 Å². The van der Waals surface area contributed by atoms with Crippen LogP contribution in [0.1, 0.15) is 19.2 Å². The van der Waals surface area contributed by atoms with E-state index in [4.69, 9.17) is 5.11 Å². The second kappa shape index (κ2) is 5.50. The molecule has 0 aliphatic rings. The molecule has 0 fully saturated rings. The molecule has 1 atom stereocenters. The Morgan fingerprint density at radius 1 is 1.73 bits per heavy atom. The van der Waals surface area contributed by atoms with Crippen molar-refractivity contribution < 1.29 is 9.90 Å². The molecule has 1 aromatic rings. The first-order chi connectivity index (χ1) is 7.19. The van der Waals surface area contributed by atoms with E-state index in [0.29, 0.717) is 6.54 Å². The van der Waals surface area contributed by atoms with Gasteiger partial charge in [0.2, 0.25) is 0 Å². The topological polar surface area (TPSA) is 67.2 Å². The average molecular weight is 211 g/mol. The molecule has 1 rings (SSSR count). The summed E-state index contributed by atoms with van der Waals surface area (Å²) in [5, 5.41) is 11.7. The fraction of sp³-hybridized carbons (Fsp3) is 0.600. The Morgan fingerprint density at radius 3 is 3.00 bits per heavy atom. The molecule has 0 saturated heterocycles. The van der Waals surface area contributed by atoms with Crippen LogP contribution in [-0.4, -0.2) is 33.7 Å². The van der Waals surface area contributed by atoms with Crippen molar-refractivity contribution in [1.82, 2.24) is 14.9 Å². The van der Waals surface area contributed by atoms with Crippen LogP contribution in [0.15, 0.2) is 12.4 Å². The maximum atomic E-state index is 10.8. The van der Waals surface area contributed by atoms with Crippen molar-refractivity contribution in [2.75, 3.05) is 7.05 Å². The molecule has 0 aromatic carbocycles. The lowest BCUT2D eigenvalue weighted by molar-refractivity contribution is -0.139. The van der Waals surface area contributed by atoms with E-state index < -0.39 is 12.0 Å². The van der Waals surface area contributed by atoms with E-state index >= 15 is 0 Å². The van der Waals surface area contributed by atoms with Crippen LogP contribution in [0.4, 0.5) is 0 Å². The molecule has 1 aromatic heterocycles. The zero-order valence-corrected chi connectivity index (χ0v) is 9.10. The molecular formula is C10H17N3O2. The van der Waals surface area contributed by atoms with E-state index in [1.807, 2.05) is 10.8 Å². The smallest absolute Gasteiger partial charge is 0.322 e. The standard InChI is InChI=1S/C10H17N3O2/c1-3-4-9-12-5-6-13(9)7-8(11-2)10(14)15/h5-6,8,11H,3-4,7H2,1-2H3,(H,14,15). The summed E-state index contributed by atoms with van der Waals surface area (Å²) in [7, 11) is 1.65. The van der Waals surface area contributed by atoms with Gasteiger partial charge in [-0.1, -0.05) is 6.92 Å². The quantitative estimate of drug-likeness (QED) is 0.719. The largest absolute Gasteiger partial charge is 0.480 e. The lowest BCUT2D eigenvalue weighted by Crippen LogP contribution is -2.38. The SMILES string of the molecule is CCCc1nccn1CC(NC)C(=O)O. The van der Waals surface area contributed by atoms with Gasteiger partial charge in [-0.2, -0.15) is 0 Å². The molecule has 5 nitrogen and oxygen atoms in total. The third-order valence-corrected chi connectivity index (χ3v) is 2.30. The summed E-state index contributed by atoms with van der Waals surface area (Å²) in [6, 6.07) is -0.560. The number of hydrogen-bond donors (Lipinski definition) is 2. The number of hydrogen-bond acceptors (Lipinski definition) is 3. The molecule has 0 aliphatic carbocycles. The van der Waals surface area contributed by atoms with E-state index in [1.54, 1.807) is 13.2 Å². The van der Waals surface area contributed by atoms with Crippen LogP contribution in [0.5, 0.6) is 0 Å². The molecule has 1 heterocycles. The van der Waals surface area contributed by atoms with Gasteiger partial charge in [-0.3, -0.25) is 4.79 Å². The van der Waals surface area contributed by atoms with Crippen LogP contribution in [0.3, 0.4) is 0 Å². The lowest BCUT2D eigenvalue weighted by atomic mass is 10.2. The van der Waals surface area contributed by atoms with Crippen molar-refractivity contribution >= 4 is 5.97 Å². The molecule has 0 radical (unpaired) electrons. The molecule has 0 bridgehead atoms. The Bertz CT molecular complexity index is 322. The number of nitrogens with one attached hydrogen (secondary N) is 1. The number of aryl methyl sites for hydroxylation is 1. The predicted octanol–water partition coefficient (Wildman–Crippen LogP) is 0.508. The number of aliphatic carboxylic acids is 1. The van der Waals surface area contributed by atoms with Crippen molar-refractivity contribution in [3.63, 3.8) is 0 Å². The highest BCUT2D eigenvalue weighted by molar-refractivity contribution is 5.73. The highest BCUT2D eigenvalue weighted by atomic mass is 16.4. The molecule has 5 heteroatoms. The van der Waals surface area contributed by atoms with E-state index in [9.17, 15) is 4.79 Å². The number of nitrogens with zero attached hydrogens (tertiary/aromatic N) is 2. The molecule has 2 N–H and O–H groups in total. The molecule has 1 unspecified atom stereocenters. The van der Waals surface area contributed by atoms with Crippen molar-refractivity contribution in [3.05, 3.63) is 18.2 Å². The molecule has 84 valence electrons. The normalized spacial score (nSPS) is 12.7. The van der Waals surface area contributed by atoms with Crippen LogP contribution < -0.4 is 5.32 Å². The first-order valence-corrected chi connectivity index (χ1v) is 5.09. The zero-order chi connectivity index (χ0) is 11.3. The third-order valence-electron chi connectivity index (χ3n) is 2.30. The summed E-state index contributed by atoms with van der Waals surface area (Å²) in [6.07, 6.45) is 5.41. The first-order valence-electron chi connectivity index (χ1n) is 5.09. The second-order valence-electron chi connectivity index (χ2n) is 3.43. The minimum atomic E-state index is -0.839. The van der Waals surface area contributed by atoms with Gasteiger partial charge >= 0.3 is 5.97 Å². The van der Waals surface area contributed by atoms with E-state index in [-0.39, 0.29) is 0 Å². The van der Waals surface area contributed by atoms with Gasteiger partial charge < -0.3 is 15.0 Å². The Morgan fingerprint density at radius 2 is 2.47 bits per heavy atom. The Hall–Kier alpha value is -1.36. The summed E-state index contributed by atoms with van der Waals surface area (Å²) in [5.74, 6) is 0.104. The maximum absolute atomic E-state index is 10.8. The van der Waals surface area contributed by atoms with Crippen LogP contribution in [0, 0.1) is 0 Å². The minimum Gasteiger partial charge on any atom is -0.480 e. The Balaban J connectivity index is 2.69. The number of aromatic nitrogens is 2. The summed E-state index contributed by atoms with van der Waals surface area (Å²) in [5.41, 5.74) is 0. The summed E-state index contributed by atoms with van der Waals surface area (Å²) >= 11 is 0. The Kier molecular flexibility index (Phi) is 4.30. The van der Waals surface area contributed by atoms with Crippen molar-refractivity contribution in [3.8, 4) is 0 Å². The van der Waals surface area contributed by atoms with Gasteiger partial charge in [-0.05, 0) is 13.5 Å². The van der Waals surface area contributed by atoms with Gasteiger partial charge in [0, 0.05) is 25.4 Å². The van der Waals surface area contributed by atoms with Crippen molar-refractivity contribution in [1.29, 1.82) is 0 Å². The highest BCUT2D eigenvalue weighted by Crippen LogP contribution is 2.02. The van der Waals surface area contributed by atoms with Gasteiger partial charge in [0.15, 0.2) is 0 Å². The number of rotatable bonds is 6. The average Bonchev–Trinajstić information content (AvgIpc) is 2.62. The second-order valence-corrected chi connectivity index (χ2v) is 3.43. The lowest BCUT2D eigenvalue weighted by Gasteiger charge is -2.13. The molecule has 0 spiro atoms. The third kappa shape index (κ3) is 3.06. The number of imidazole rings is 1. The van der Waals surface area contributed by atoms with E-state index in [0.717, 1.165) is 18.7 Å². The fourth-order valence-electron chi connectivity index (χ4n) is 1.45. The van der Waals surface area contributed by atoms with Gasteiger partial charge in [0.1, 0.15) is 11.9 Å². The maximum Gasteiger partial charge on any atom is 0.322 e. The number of carbonyl (C=O) groups is 1. The number of likely N-dealkylation sites (N-methyl/N-ethyl adjacent to an activating group) is 1. The molecule has 15 heavy (non-hydrogen) atoms. The van der Waals surface area contributed by atoms with Gasteiger partial charge in [0.25, 0.3) is 0 Å². The van der Waals surface area contributed by atoms with Crippen molar-refractivity contribution in [2.24, 2.45) is 0 Å². The Labute approximate surface area is 89.1 Å². The predicted molar refractivity (Wildman–Crippen MR) is 56.7 cm³/mol. The number of carboxylic acid groups (broad SMARTS) is 1. The molecule has 0 amide bonds. The van der Waals surface area contributed by atoms with E-state index in [2.05, 4.69) is 17.2 Å². The zero-order valence-electron chi connectivity index (χ0n) is 9.10. The summed E-state index contributed by atoms with van der Waals surface area (Å²) in [6.45, 7) is 2.49. The van der Waals surface area contributed by atoms with Crippen LogP contribution in [0.25, 0.3) is 0 Å². The minimum absolute atomic E-state index is 0.418. The van der Waals surface area contributed by atoms with Gasteiger partial charge in [-0.25, -0.2) is 4.98 Å². The van der Waals surface area contributed by atoms with Crippen LogP contribution in [0.2, 0.25) is 0 Å². The van der Waals surface area contributed by atoms with E-state index in [1.165, 1.54) is 0 Å². The van der Waals surface area contributed by atoms with Gasteiger partial charge in [-0.15, -0.1) is 0 Å². The van der Waals surface area contributed by atoms with Crippen LogP contribution >= 0.6 is 0 Å². The number of carboxylic acids is 1. The molecule has 0 saturated carbocycles. The molecular weight excluding hydrogens is 194 g/mol. The van der Waals surface area contributed by atoms with Crippen LogP contribution in [-0.2, 0) is 17.8 Å². The summed E-state index contributed by atoms with van der Waals surface area (Å²) < 4.78 is 1.89.